The van der Waals surface area contributed by atoms with Gasteiger partial charge in [-0.15, -0.1) is 0 Å². The summed E-state index contributed by atoms with van der Waals surface area (Å²) in [5, 5.41) is 3.77. The summed E-state index contributed by atoms with van der Waals surface area (Å²) in [4.78, 5) is 11.6. The Labute approximate surface area is 104 Å². The van der Waals surface area contributed by atoms with E-state index in [1.807, 2.05) is 6.07 Å². The third kappa shape index (κ3) is 3.25. The van der Waals surface area contributed by atoms with Crippen LogP contribution in [0.2, 0.25) is 0 Å². The SMILES string of the molecule is O=C(N/N=C/c1cccc(F)c1)c1ccccc1. The zero-order valence-corrected chi connectivity index (χ0v) is 9.51. The molecule has 0 atom stereocenters. The summed E-state index contributed by atoms with van der Waals surface area (Å²) in [6.07, 6.45) is 1.39. The first-order chi connectivity index (χ1) is 8.75. The number of hydrogen-bond donors (Lipinski definition) is 1. The van der Waals surface area contributed by atoms with E-state index in [1.165, 1.54) is 18.3 Å². The molecule has 2 rings (SSSR count). The fraction of sp³-hybridized carbons (Fsp3) is 0. The van der Waals surface area contributed by atoms with Gasteiger partial charge in [0.2, 0.25) is 0 Å². The van der Waals surface area contributed by atoms with Crippen LogP contribution in [0.1, 0.15) is 15.9 Å². The maximum absolute atomic E-state index is 12.9. The van der Waals surface area contributed by atoms with Crippen molar-refractivity contribution < 1.29 is 9.18 Å². The number of amides is 1. The predicted octanol–water partition coefficient (Wildman–Crippen LogP) is 2.59. The summed E-state index contributed by atoms with van der Waals surface area (Å²) in [6, 6.07) is 14.7. The second-order valence-corrected chi connectivity index (χ2v) is 3.62. The van der Waals surface area contributed by atoms with Crippen LogP contribution < -0.4 is 5.43 Å². The number of benzene rings is 2. The Morgan fingerprint density at radius 1 is 1.11 bits per heavy atom. The zero-order chi connectivity index (χ0) is 12.8. The van der Waals surface area contributed by atoms with E-state index in [9.17, 15) is 9.18 Å². The average Bonchev–Trinajstić information content (AvgIpc) is 2.40. The standard InChI is InChI=1S/C14H11FN2O/c15-13-8-4-5-11(9-13)10-16-17-14(18)12-6-2-1-3-7-12/h1-10H,(H,17,18)/b16-10+. The zero-order valence-electron chi connectivity index (χ0n) is 9.51. The Kier molecular flexibility index (Phi) is 3.81. The molecule has 0 aromatic heterocycles. The van der Waals surface area contributed by atoms with Crippen molar-refractivity contribution in [3.8, 4) is 0 Å². The number of halogens is 1. The summed E-state index contributed by atoms with van der Waals surface area (Å²) in [7, 11) is 0. The van der Waals surface area contributed by atoms with E-state index < -0.39 is 0 Å². The quantitative estimate of drug-likeness (QED) is 0.652. The first-order valence-corrected chi connectivity index (χ1v) is 5.40. The molecule has 90 valence electrons. The Hall–Kier alpha value is -2.49. The molecule has 3 nitrogen and oxygen atoms in total. The van der Waals surface area contributed by atoms with Gasteiger partial charge in [0.05, 0.1) is 6.21 Å². The molecule has 0 heterocycles. The van der Waals surface area contributed by atoms with Gasteiger partial charge in [0, 0.05) is 5.56 Å². The normalized spacial score (nSPS) is 10.5. The van der Waals surface area contributed by atoms with Crippen molar-refractivity contribution in [1.82, 2.24) is 5.43 Å². The first-order valence-electron chi connectivity index (χ1n) is 5.40. The fourth-order valence-electron chi connectivity index (χ4n) is 1.41. The first kappa shape index (κ1) is 12.0. The molecule has 18 heavy (non-hydrogen) atoms. The van der Waals surface area contributed by atoms with Gasteiger partial charge < -0.3 is 0 Å². The van der Waals surface area contributed by atoms with E-state index in [2.05, 4.69) is 10.5 Å². The number of rotatable bonds is 3. The van der Waals surface area contributed by atoms with Crippen LogP contribution in [-0.2, 0) is 0 Å². The van der Waals surface area contributed by atoms with Crippen molar-refractivity contribution in [1.29, 1.82) is 0 Å². The van der Waals surface area contributed by atoms with Gasteiger partial charge in [-0.3, -0.25) is 4.79 Å². The number of nitrogens with zero attached hydrogens (tertiary/aromatic N) is 1. The van der Waals surface area contributed by atoms with Crippen LogP contribution in [0.4, 0.5) is 4.39 Å². The summed E-state index contributed by atoms with van der Waals surface area (Å²) in [5.74, 6) is -0.642. The summed E-state index contributed by atoms with van der Waals surface area (Å²) >= 11 is 0. The van der Waals surface area contributed by atoms with E-state index in [1.54, 1.807) is 36.4 Å². The molecule has 0 saturated carbocycles. The minimum absolute atomic E-state index is 0.303. The lowest BCUT2D eigenvalue weighted by atomic mass is 10.2. The van der Waals surface area contributed by atoms with Crippen molar-refractivity contribution in [3.05, 3.63) is 71.5 Å². The largest absolute Gasteiger partial charge is 0.271 e. The highest BCUT2D eigenvalue weighted by Crippen LogP contribution is 2.01. The minimum Gasteiger partial charge on any atom is -0.267 e. The van der Waals surface area contributed by atoms with E-state index in [0.29, 0.717) is 11.1 Å². The molecule has 0 spiro atoms. The second-order valence-electron chi connectivity index (χ2n) is 3.62. The highest BCUT2D eigenvalue weighted by molar-refractivity contribution is 5.94. The molecule has 0 aliphatic heterocycles. The highest BCUT2D eigenvalue weighted by atomic mass is 19.1. The lowest BCUT2D eigenvalue weighted by Crippen LogP contribution is -2.17. The van der Waals surface area contributed by atoms with Gasteiger partial charge in [-0.2, -0.15) is 5.10 Å². The van der Waals surface area contributed by atoms with E-state index >= 15 is 0 Å². The fourth-order valence-corrected chi connectivity index (χ4v) is 1.41. The lowest BCUT2D eigenvalue weighted by Gasteiger charge is -1.98. The Bertz CT molecular complexity index is 567. The molecule has 2 aromatic rings. The Morgan fingerprint density at radius 3 is 2.61 bits per heavy atom. The molecular formula is C14H11FN2O. The number of nitrogens with one attached hydrogen (secondary N) is 1. The van der Waals surface area contributed by atoms with E-state index in [4.69, 9.17) is 0 Å². The summed E-state index contributed by atoms with van der Waals surface area (Å²) in [6.45, 7) is 0. The number of carbonyl (C=O) groups is 1. The van der Waals surface area contributed by atoms with Crippen LogP contribution in [-0.4, -0.2) is 12.1 Å². The molecule has 0 fully saturated rings. The van der Waals surface area contributed by atoms with Crippen LogP contribution in [0, 0.1) is 5.82 Å². The van der Waals surface area contributed by atoms with Gasteiger partial charge in [0.1, 0.15) is 5.82 Å². The molecule has 0 saturated heterocycles. The van der Waals surface area contributed by atoms with Crippen molar-refractivity contribution in [2.24, 2.45) is 5.10 Å². The molecule has 0 unspecified atom stereocenters. The van der Waals surface area contributed by atoms with Crippen LogP contribution in [0.15, 0.2) is 59.7 Å². The molecule has 1 amide bonds. The van der Waals surface area contributed by atoms with Gasteiger partial charge in [-0.25, -0.2) is 9.82 Å². The maximum Gasteiger partial charge on any atom is 0.271 e. The Balaban J connectivity index is 1.98. The lowest BCUT2D eigenvalue weighted by molar-refractivity contribution is 0.0955. The van der Waals surface area contributed by atoms with Crippen LogP contribution in [0.25, 0.3) is 0 Å². The van der Waals surface area contributed by atoms with Crippen LogP contribution in [0.3, 0.4) is 0 Å². The average molecular weight is 242 g/mol. The van der Waals surface area contributed by atoms with Crippen molar-refractivity contribution in [2.45, 2.75) is 0 Å². The number of carbonyl (C=O) groups excluding carboxylic acids is 1. The summed E-state index contributed by atoms with van der Waals surface area (Å²) in [5.41, 5.74) is 3.48. The molecule has 0 radical (unpaired) electrons. The smallest absolute Gasteiger partial charge is 0.267 e. The molecule has 0 aliphatic carbocycles. The third-order valence-electron chi connectivity index (χ3n) is 2.26. The topological polar surface area (TPSA) is 41.5 Å². The van der Waals surface area contributed by atoms with Gasteiger partial charge in [-0.05, 0) is 29.8 Å². The van der Waals surface area contributed by atoms with Gasteiger partial charge in [0.15, 0.2) is 0 Å². The third-order valence-corrected chi connectivity index (χ3v) is 2.26. The van der Waals surface area contributed by atoms with Gasteiger partial charge in [0.25, 0.3) is 5.91 Å². The van der Waals surface area contributed by atoms with Crippen LogP contribution in [0.5, 0.6) is 0 Å². The van der Waals surface area contributed by atoms with Crippen LogP contribution >= 0.6 is 0 Å². The maximum atomic E-state index is 12.9. The van der Waals surface area contributed by atoms with Crippen molar-refractivity contribution >= 4 is 12.1 Å². The highest BCUT2D eigenvalue weighted by Gasteiger charge is 2.01. The second kappa shape index (κ2) is 5.72. The molecule has 0 aliphatic rings. The minimum atomic E-state index is -0.340. The van der Waals surface area contributed by atoms with Crippen molar-refractivity contribution in [2.75, 3.05) is 0 Å². The molecule has 1 N–H and O–H groups in total. The molecule has 4 heteroatoms. The monoisotopic (exact) mass is 242 g/mol. The van der Waals surface area contributed by atoms with Gasteiger partial charge in [-0.1, -0.05) is 30.3 Å². The molecule has 2 aromatic carbocycles. The van der Waals surface area contributed by atoms with Gasteiger partial charge >= 0.3 is 0 Å². The van der Waals surface area contributed by atoms with E-state index in [0.717, 1.165) is 0 Å². The predicted molar refractivity (Wildman–Crippen MR) is 67.9 cm³/mol. The number of hydrogen-bond acceptors (Lipinski definition) is 2. The Morgan fingerprint density at radius 2 is 1.89 bits per heavy atom. The summed E-state index contributed by atoms with van der Waals surface area (Å²) < 4.78 is 12.9. The molecule has 0 bridgehead atoms. The van der Waals surface area contributed by atoms with Crippen molar-refractivity contribution in [3.63, 3.8) is 0 Å². The molecular weight excluding hydrogens is 231 g/mol. The number of hydrazone groups is 1. The van der Waals surface area contributed by atoms with E-state index in [-0.39, 0.29) is 11.7 Å².